The van der Waals surface area contributed by atoms with Crippen molar-refractivity contribution >= 4 is 5.97 Å². The van der Waals surface area contributed by atoms with Gasteiger partial charge in [0.25, 0.3) is 0 Å². The van der Waals surface area contributed by atoms with E-state index >= 15 is 0 Å². The van der Waals surface area contributed by atoms with E-state index in [0.717, 1.165) is 44.3 Å². The minimum Gasteiger partial charge on any atom is -0.462 e. The van der Waals surface area contributed by atoms with E-state index in [1.54, 1.807) is 12.1 Å². The largest absolute Gasteiger partial charge is 0.462 e. The molecule has 2 rings (SSSR count). The van der Waals surface area contributed by atoms with Crippen LogP contribution < -0.4 is 0 Å². The molecule has 0 aromatic heterocycles. The highest BCUT2D eigenvalue weighted by molar-refractivity contribution is 5.77. The lowest BCUT2D eigenvalue weighted by Crippen LogP contribution is -2.39. The summed E-state index contributed by atoms with van der Waals surface area (Å²) in [7, 11) is 2.09. The van der Waals surface area contributed by atoms with Crippen molar-refractivity contribution in [3.63, 3.8) is 0 Å². The summed E-state index contributed by atoms with van der Waals surface area (Å²) in [5.41, 5.74) is 0.429. The van der Waals surface area contributed by atoms with Gasteiger partial charge in [-0.2, -0.15) is 0 Å². The summed E-state index contributed by atoms with van der Waals surface area (Å²) < 4.78 is 18.9. The Bertz CT molecular complexity index is 509. The summed E-state index contributed by atoms with van der Waals surface area (Å²) in [6.45, 7) is 9.99. The smallest absolute Gasteiger partial charge is 0.312 e. The number of carbonyl (C=O) groups excluding carboxylic acids is 1. The monoisotopic (exact) mass is 351 g/mol. The van der Waals surface area contributed by atoms with Crippen LogP contribution in [0.15, 0.2) is 24.3 Å². The molecular formula is C21H34FNO2. The fourth-order valence-corrected chi connectivity index (χ4v) is 3.26. The number of nitrogens with zero attached hydrogens (tertiary/aromatic N) is 1. The summed E-state index contributed by atoms with van der Waals surface area (Å²) in [4.78, 5) is 15.0. The molecule has 142 valence electrons. The second-order valence-electron chi connectivity index (χ2n) is 7.02. The van der Waals surface area contributed by atoms with Gasteiger partial charge in [0.15, 0.2) is 0 Å². The molecule has 0 N–H and O–H groups in total. The van der Waals surface area contributed by atoms with Gasteiger partial charge in [-0.25, -0.2) is 4.39 Å². The molecule has 1 atom stereocenters. The number of ether oxygens (including phenoxy) is 1. The van der Waals surface area contributed by atoms with E-state index in [1.165, 1.54) is 12.1 Å². The Labute approximate surface area is 152 Å². The summed E-state index contributed by atoms with van der Waals surface area (Å²) in [5.74, 6) is -0.363. The van der Waals surface area contributed by atoms with Gasteiger partial charge in [0, 0.05) is 13.1 Å². The summed E-state index contributed by atoms with van der Waals surface area (Å²) in [6.07, 6.45) is 4.12. The molecule has 3 nitrogen and oxygen atoms in total. The zero-order valence-corrected chi connectivity index (χ0v) is 16.5. The van der Waals surface area contributed by atoms with Crippen LogP contribution in [0, 0.1) is 11.2 Å². The SMILES string of the molecule is CC.CCCC(C)(Cc1ccc(F)cc1)C(=O)OC1CCN(C)CC1. The number of carbonyl (C=O) groups is 1. The van der Waals surface area contributed by atoms with Crippen molar-refractivity contribution in [2.75, 3.05) is 20.1 Å². The first-order valence-corrected chi connectivity index (χ1v) is 9.57. The molecule has 0 radical (unpaired) electrons. The Morgan fingerprint density at radius 2 is 1.80 bits per heavy atom. The highest BCUT2D eigenvalue weighted by Gasteiger charge is 2.36. The molecule has 4 heteroatoms. The van der Waals surface area contributed by atoms with Gasteiger partial charge in [-0.15, -0.1) is 0 Å². The molecule has 0 amide bonds. The summed E-state index contributed by atoms with van der Waals surface area (Å²) >= 11 is 0. The van der Waals surface area contributed by atoms with Crippen LogP contribution in [-0.4, -0.2) is 37.1 Å². The van der Waals surface area contributed by atoms with Crippen LogP contribution in [0.25, 0.3) is 0 Å². The lowest BCUT2D eigenvalue weighted by atomic mass is 9.79. The number of hydrogen-bond acceptors (Lipinski definition) is 3. The van der Waals surface area contributed by atoms with Gasteiger partial charge in [0.05, 0.1) is 5.41 Å². The van der Waals surface area contributed by atoms with Crippen LogP contribution in [0.2, 0.25) is 0 Å². The Morgan fingerprint density at radius 1 is 1.24 bits per heavy atom. The maximum Gasteiger partial charge on any atom is 0.312 e. The zero-order chi connectivity index (χ0) is 18.9. The highest BCUT2D eigenvalue weighted by atomic mass is 19.1. The van der Waals surface area contributed by atoms with Crippen molar-refractivity contribution in [2.45, 2.75) is 65.9 Å². The Kier molecular flexibility index (Phi) is 9.12. The second-order valence-corrected chi connectivity index (χ2v) is 7.02. The van der Waals surface area contributed by atoms with Crippen LogP contribution in [0.5, 0.6) is 0 Å². The average molecular weight is 352 g/mol. The molecular weight excluding hydrogens is 317 g/mol. The quantitative estimate of drug-likeness (QED) is 0.687. The van der Waals surface area contributed by atoms with Crippen LogP contribution in [0.4, 0.5) is 4.39 Å². The molecule has 1 aromatic rings. The lowest BCUT2D eigenvalue weighted by molar-refractivity contribution is -0.163. The van der Waals surface area contributed by atoms with Gasteiger partial charge >= 0.3 is 5.97 Å². The van der Waals surface area contributed by atoms with E-state index in [9.17, 15) is 9.18 Å². The number of rotatable bonds is 6. The van der Waals surface area contributed by atoms with E-state index < -0.39 is 5.41 Å². The van der Waals surface area contributed by atoms with Crippen molar-refractivity contribution in [1.29, 1.82) is 0 Å². The lowest BCUT2D eigenvalue weighted by Gasteiger charge is -2.33. The minimum absolute atomic E-state index is 0.0306. The highest BCUT2D eigenvalue weighted by Crippen LogP contribution is 2.31. The normalized spacial score (nSPS) is 18.0. The first kappa shape index (κ1) is 21.6. The van der Waals surface area contributed by atoms with E-state index in [-0.39, 0.29) is 17.9 Å². The summed E-state index contributed by atoms with van der Waals surface area (Å²) in [5, 5.41) is 0. The number of benzene rings is 1. The van der Waals surface area contributed by atoms with E-state index in [1.807, 2.05) is 20.8 Å². The van der Waals surface area contributed by atoms with Gasteiger partial charge in [0.2, 0.25) is 0 Å². The predicted octanol–water partition coefficient (Wildman–Crippen LogP) is 4.84. The molecule has 1 aliphatic rings. The van der Waals surface area contributed by atoms with Crippen LogP contribution in [0.3, 0.4) is 0 Å². The second kappa shape index (κ2) is 10.5. The van der Waals surface area contributed by atoms with E-state index in [0.29, 0.717) is 6.42 Å². The molecule has 0 spiro atoms. The topological polar surface area (TPSA) is 29.5 Å². The van der Waals surface area contributed by atoms with Crippen LogP contribution in [0.1, 0.15) is 58.9 Å². The first-order chi connectivity index (χ1) is 11.9. The number of halogens is 1. The summed E-state index contributed by atoms with van der Waals surface area (Å²) in [6, 6.07) is 6.41. The van der Waals surface area contributed by atoms with E-state index in [4.69, 9.17) is 4.74 Å². The third-order valence-corrected chi connectivity index (χ3v) is 4.74. The van der Waals surface area contributed by atoms with Gasteiger partial charge in [-0.05, 0) is 57.4 Å². The van der Waals surface area contributed by atoms with Crippen molar-refractivity contribution in [1.82, 2.24) is 4.90 Å². The Morgan fingerprint density at radius 3 is 2.32 bits per heavy atom. The van der Waals surface area contributed by atoms with Gasteiger partial charge < -0.3 is 9.64 Å². The fourth-order valence-electron chi connectivity index (χ4n) is 3.26. The number of esters is 1. The van der Waals surface area contributed by atoms with Crippen molar-refractivity contribution in [3.8, 4) is 0 Å². The van der Waals surface area contributed by atoms with Crippen LogP contribution in [-0.2, 0) is 16.0 Å². The Balaban J connectivity index is 0.00000151. The Hall–Kier alpha value is -1.42. The fraction of sp³-hybridized carbons (Fsp3) is 0.667. The standard InChI is InChI=1S/C19H28FNO2.C2H6/c1-4-11-19(2,14-15-5-7-16(20)8-6-15)18(22)23-17-9-12-21(3)13-10-17;1-2/h5-8,17H,4,9-14H2,1-3H3;1-2H3. The molecule has 1 heterocycles. The van der Waals surface area contributed by atoms with Crippen molar-refractivity contribution in [3.05, 3.63) is 35.6 Å². The third-order valence-electron chi connectivity index (χ3n) is 4.74. The van der Waals surface area contributed by atoms with E-state index in [2.05, 4.69) is 18.9 Å². The molecule has 1 unspecified atom stereocenters. The molecule has 0 saturated carbocycles. The molecule has 1 fully saturated rings. The number of likely N-dealkylation sites (tertiary alicyclic amines) is 1. The molecule has 0 bridgehead atoms. The van der Waals surface area contributed by atoms with Gasteiger partial charge in [-0.3, -0.25) is 4.79 Å². The maximum atomic E-state index is 13.1. The predicted molar refractivity (Wildman–Crippen MR) is 101 cm³/mol. The van der Waals surface area contributed by atoms with Gasteiger partial charge in [0.1, 0.15) is 11.9 Å². The third kappa shape index (κ3) is 6.77. The zero-order valence-electron chi connectivity index (χ0n) is 16.5. The number of hydrogen-bond donors (Lipinski definition) is 0. The molecule has 1 aromatic carbocycles. The number of piperidine rings is 1. The minimum atomic E-state index is -0.546. The van der Waals surface area contributed by atoms with Gasteiger partial charge in [-0.1, -0.05) is 39.3 Å². The first-order valence-electron chi connectivity index (χ1n) is 9.57. The molecule has 0 aliphatic carbocycles. The van der Waals surface area contributed by atoms with Crippen molar-refractivity contribution in [2.24, 2.45) is 5.41 Å². The molecule has 1 saturated heterocycles. The molecule has 1 aliphatic heterocycles. The van der Waals surface area contributed by atoms with Crippen LogP contribution >= 0.6 is 0 Å². The average Bonchev–Trinajstić information content (AvgIpc) is 2.61. The maximum absolute atomic E-state index is 13.1. The molecule has 25 heavy (non-hydrogen) atoms. The van der Waals surface area contributed by atoms with Crippen molar-refractivity contribution < 1.29 is 13.9 Å².